The molecule has 0 radical (unpaired) electrons. The Morgan fingerprint density at radius 3 is 2.50 bits per heavy atom. The van der Waals surface area contributed by atoms with Crippen LogP contribution in [-0.4, -0.2) is 30.7 Å². The van der Waals surface area contributed by atoms with Crippen molar-refractivity contribution in [3.05, 3.63) is 29.3 Å². The molecular weight excluding hydrogens is 305 g/mol. The lowest BCUT2D eigenvalue weighted by atomic mass is 10.2. The second-order valence-corrected chi connectivity index (χ2v) is 4.30. The number of primary amides is 1. The van der Waals surface area contributed by atoms with Crippen LogP contribution in [0.25, 0.3) is 17.4 Å². The Morgan fingerprint density at radius 1 is 1.23 bits per heavy atom. The number of fused-ring (bicyclic) bond motifs is 1. The highest BCUT2D eigenvalue weighted by molar-refractivity contribution is 5.98. The molecule has 0 aliphatic rings. The molecule has 22 heavy (non-hydrogen) atoms. The Hall–Kier alpha value is -2.98. The highest BCUT2D eigenvalue weighted by atomic mass is 19.4. The summed E-state index contributed by atoms with van der Waals surface area (Å²) in [6.45, 7) is 1.47. The minimum absolute atomic E-state index is 0.145. The molecule has 0 spiro atoms. The molecule has 3 aromatic heterocycles. The maximum Gasteiger partial charge on any atom is 0.431 e. The van der Waals surface area contributed by atoms with Crippen molar-refractivity contribution in [1.29, 1.82) is 0 Å². The number of halogens is 3. The van der Waals surface area contributed by atoms with Gasteiger partial charge in [-0.1, -0.05) is 0 Å². The molecular formula is C11H7F3N6O2. The fraction of sp³-hybridized carbons (Fsp3) is 0.182. The van der Waals surface area contributed by atoms with Gasteiger partial charge < -0.3 is 10.2 Å². The van der Waals surface area contributed by atoms with E-state index >= 15 is 0 Å². The third-order valence-corrected chi connectivity index (χ3v) is 2.83. The maximum absolute atomic E-state index is 13.2. The van der Waals surface area contributed by atoms with Gasteiger partial charge in [0.1, 0.15) is 5.69 Å². The summed E-state index contributed by atoms with van der Waals surface area (Å²) in [5.74, 6) is -1.37. The molecule has 0 bridgehead atoms. The van der Waals surface area contributed by atoms with Gasteiger partial charge in [-0.25, -0.2) is 0 Å². The lowest BCUT2D eigenvalue weighted by Crippen LogP contribution is -2.17. The number of aromatic nitrogens is 5. The Kier molecular flexibility index (Phi) is 2.87. The van der Waals surface area contributed by atoms with Crippen LogP contribution in [0.4, 0.5) is 13.2 Å². The van der Waals surface area contributed by atoms with Crippen molar-refractivity contribution >= 4 is 11.6 Å². The smallest absolute Gasteiger partial charge is 0.418 e. The summed E-state index contributed by atoms with van der Waals surface area (Å²) >= 11 is 0. The zero-order valence-corrected chi connectivity index (χ0v) is 10.9. The van der Waals surface area contributed by atoms with Gasteiger partial charge in [-0.3, -0.25) is 9.20 Å². The van der Waals surface area contributed by atoms with Gasteiger partial charge in [0.15, 0.2) is 5.65 Å². The quantitative estimate of drug-likeness (QED) is 0.761. The SMILES string of the molecule is Cc1nnc(-c2nnc3c(C(N)=O)ccc(C(F)(F)F)n23)o1. The van der Waals surface area contributed by atoms with Crippen molar-refractivity contribution in [2.75, 3.05) is 0 Å². The van der Waals surface area contributed by atoms with Gasteiger partial charge in [0.25, 0.3) is 11.8 Å². The monoisotopic (exact) mass is 312 g/mol. The molecule has 0 atom stereocenters. The number of amides is 1. The molecule has 3 rings (SSSR count). The van der Waals surface area contributed by atoms with Crippen molar-refractivity contribution in [2.24, 2.45) is 5.73 Å². The van der Waals surface area contributed by atoms with E-state index in [2.05, 4.69) is 20.4 Å². The van der Waals surface area contributed by atoms with Gasteiger partial charge in [-0.2, -0.15) is 13.2 Å². The summed E-state index contributed by atoms with van der Waals surface area (Å²) in [5.41, 5.74) is 3.50. The lowest BCUT2D eigenvalue weighted by Gasteiger charge is -2.11. The number of nitrogens with zero attached hydrogens (tertiary/aromatic N) is 5. The summed E-state index contributed by atoms with van der Waals surface area (Å²) in [5, 5.41) is 14.3. The summed E-state index contributed by atoms with van der Waals surface area (Å²) in [7, 11) is 0. The Labute approximate surface area is 119 Å². The van der Waals surface area contributed by atoms with E-state index in [0.717, 1.165) is 6.07 Å². The van der Waals surface area contributed by atoms with Crippen LogP contribution < -0.4 is 5.73 Å². The number of pyridine rings is 1. The first-order valence-electron chi connectivity index (χ1n) is 5.84. The number of hydrogen-bond donors (Lipinski definition) is 1. The molecule has 0 saturated carbocycles. The molecule has 114 valence electrons. The van der Waals surface area contributed by atoms with E-state index in [1.165, 1.54) is 6.92 Å². The van der Waals surface area contributed by atoms with Gasteiger partial charge in [0, 0.05) is 6.92 Å². The number of carbonyl (C=O) groups is 1. The van der Waals surface area contributed by atoms with E-state index in [1.54, 1.807) is 0 Å². The molecule has 0 aliphatic carbocycles. The minimum Gasteiger partial charge on any atom is -0.418 e. The maximum atomic E-state index is 13.2. The molecule has 2 N–H and O–H groups in total. The van der Waals surface area contributed by atoms with Gasteiger partial charge in [-0.15, -0.1) is 20.4 Å². The van der Waals surface area contributed by atoms with Crippen molar-refractivity contribution in [2.45, 2.75) is 13.1 Å². The fourth-order valence-electron chi connectivity index (χ4n) is 1.94. The van der Waals surface area contributed by atoms with Gasteiger partial charge in [-0.05, 0) is 12.1 Å². The van der Waals surface area contributed by atoms with Crippen LogP contribution in [0.5, 0.6) is 0 Å². The zero-order valence-electron chi connectivity index (χ0n) is 10.9. The summed E-state index contributed by atoms with van der Waals surface area (Å²) in [4.78, 5) is 11.3. The molecule has 0 aliphatic heterocycles. The van der Waals surface area contributed by atoms with Crippen molar-refractivity contribution < 1.29 is 22.4 Å². The van der Waals surface area contributed by atoms with Crippen molar-refractivity contribution in [1.82, 2.24) is 24.8 Å². The first-order chi connectivity index (χ1) is 10.3. The third kappa shape index (κ3) is 2.06. The Morgan fingerprint density at radius 2 is 1.95 bits per heavy atom. The second-order valence-electron chi connectivity index (χ2n) is 4.30. The van der Waals surface area contributed by atoms with Crippen LogP contribution >= 0.6 is 0 Å². The van der Waals surface area contributed by atoms with Crippen LogP contribution in [0.2, 0.25) is 0 Å². The van der Waals surface area contributed by atoms with Crippen molar-refractivity contribution in [3.63, 3.8) is 0 Å². The summed E-state index contributed by atoms with van der Waals surface area (Å²) < 4.78 is 45.2. The first kappa shape index (κ1) is 14.0. The van der Waals surface area contributed by atoms with Crippen LogP contribution in [0.1, 0.15) is 21.9 Å². The largest absolute Gasteiger partial charge is 0.431 e. The minimum atomic E-state index is -4.71. The van der Waals surface area contributed by atoms with E-state index in [9.17, 15) is 18.0 Å². The van der Waals surface area contributed by atoms with Gasteiger partial charge in [0.05, 0.1) is 5.56 Å². The average molecular weight is 312 g/mol. The molecule has 1 amide bonds. The molecule has 3 heterocycles. The molecule has 0 saturated heterocycles. The number of alkyl halides is 3. The highest BCUT2D eigenvalue weighted by Gasteiger charge is 2.36. The fourth-order valence-corrected chi connectivity index (χ4v) is 1.94. The van der Waals surface area contributed by atoms with Gasteiger partial charge in [0.2, 0.25) is 11.7 Å². The standard InChI is InChI=1S/C11H7F3N6O2/c1-4-16-19-10(22-4)9-18-17-8-5(7(15)21)2-3-6(20(8)9)11(12,13)14/h2-3H,1H3,(H2,15,21). The average Bonchev–Trinajstić information content (AvgIpc) is 3.02. The molecule has 0 unspecified atom stereocenters. The van der Waals surface area contributed by atoms with Gasteiger partial charge >= 0.3 is 6.18 Å². The number of carbonyl (C=O) groups excluding carboxylic acids is 1. The summed E-state index contributed by atoms with van der Waals surface area (Å²) in [6.07, 6.45) is -4.71. The van der Waals surface area contributed by atoms with E-state index in [1.807, 2.05) is 0 Å². The molecule has 0 aromatic carbocycles. The van der Waals surface area contributed by atoms with E-state index in [4.69, 9.17) is 10.2 Å². The molecule has 0 fully saturated rings. The Balaban J connectivity index is 2.40. The van der Waals surface area contributed by atoms with Crippen LogP contribution in [-0.2, 0) is 6.18 Å². The predicted octanol–water partition coefficient (Wildman–Crippen LogP) is 1.21. The molecule has 11 heteroatoms. The number of aryl methyl sites for hydroxylation is 1. The van der Waals surface area contributed by atoms with Crippen LogP contribution in [0.15, 0.2) is 16.5 Å². The molecule has 8 nitrogen and oxygen atoms in total. The zero-order chi connectivity index (χ0) is 16.1. The predicted molar refractivity (Wildman–Crippen MR) is 64.5 cm³/mol. The Bertz CT molecular complexity index is 882. The third-order valence-electron chi connectivity index (χ3n) is 2.83. The summed E-state index contributed by atoms with van der Waals surface area (Å²) in [6, 6.07) is 1.65. The number of nitrogens with two attached hydrogens (primary N) is 1. The molecule has 3 aromatic rings. The van der Waals surface area contributed by atoms with E-state index in [0.29, 0.717) is 10.5 Å². The van der Waals surface area contributed by atoms with Crippen LogP contribution in [0, 0.1) is 6.92 Å². The highest BCUT2D eigenvalue weighted by Crippen LogP contribution is 2.32. The number of hydrogen-bond acceptors (Lipinski definition) is 6. The van der Waals surface area contributed by atoms with Crippen LogP contribution in [0.3, 0.4) is 0 Å². The second kappa shape index (κ2) is 4.51. The normalized spacial score (nSPS) is 12.0. The topological polar surface area (TPSA) is 112 Å². The van der Waals surface area contributed by atoms with E-state index < -0.39 is 17.8 Å². The first-order valence-corrected chi connectivity index (χ1v) is 5.84. The lowest BCUT2D eigenvalue weighted by molar-refractivity contribution is -0.141. The number of rotatable bonds is 2. The van der Waals surface area contributed by atoms with Crippen molar-refractivity contribution in [3.8, 4) is 11.7 Å². The van der Waals surface area contributed by atoms with E-state index in [-0.39, 0.29) is 28.8 Å².